The average Bonchev–Trinajstić information content (AvgIpc) is 2.88. The molecule has 0 aliphatic carbocycles. The van der Waals surface area contributed by atoms with Crippen LogP contribution >= 0.6 is 0 Å². The van der Waals surface area contributed by atoms with Gasteiger partial charge < -0.3 is 19.7 Å². The van der Waals surface area contributed by atoms with E-state index in [9.17, 15) is 9.59 Å². The molecule has 1 N–H and O–H groups in total. The van der Waals surface area contributed by atoms with Gasteiger partial charge in [-0.25, -0.2) is 0 Å². The second-order valence-electron chi connectivity index (χ2n) is 6.98. The summed E-state index contributed by atoms with van der Waals surface area (Å²) in [6.45, 7) is 5.15. The van der Waals surface area contributed by atoms with E-state index in [1.807, 2.05) is 43.3 Å². The highest BCUT2D eigenvalue weighted by Gasteiger charge is 2.17. The molecule has 28 heavy (non-hydrogen) atoms. The number of methoxy groups -OCH3 is 1. The van der Waals surface area contributed by atoms with Crippen molar-refractivity contribution in [1.82, 2.24) is 4.90 Å². The summed E-state index contributed by atoms with van der Waals surface area (Å²) in [5, 5.41) is 2.93. The van der Waals surface area contributed by atoms with Crippen LogP contribution in [0.25, 0.3) is 0 Å². The molecule has 0 saturated heterocycles. The molecule has 1 aliphatic rings. The predicted molar refractivity (Wildman–Crippen MR) is 108 cm³/mol. The van der Waals surface area contributed by atoms with E-state index in [4.69, 9.17) is 9.47 Å². The molecule has 0 saturated carbocycles. The van der Waals surface area contributed by atoms with Crippen LogP contribution in [0.2, 0.25) is 0 Å². The number of fused-ring (bicyclic) bond motifs is 1. The largest absolute Gasteiger partial charge is 0.495 e. The fourth-order valence-electron chi connectivity index (χ4n) is 3.26. The lowest BCUT2D eigenvalue weighted by Crippen LogP contribution is -2.30. The van der Waals surface area contributed by atoms with Crippen molar-refractivity contribution in [2.75, 3.05) is 25.6 Å². The lowest BCUT2D eigenvalue weighted by molar-refractivity contribution is -0.129. The minimum absolute atomic E-state index is 0.0355. The lowest BCUT2D eigenvalue weighted by Gasteiger charge is -2.17. The number of hydrogen-bond donors (Lipinski definition) is 1. The molecular formula is C22H26N2O4. The van der Waals surface area contributed by atoms with Gasteiger partial charge in [0.25, 0.3) is 0 Å². The molecule has 0 atom stereocenters. The van der Waals surface area contributed by atoms with E-state index in [0.717, 1.165) is 22.4 Å². The minimum Gasteiger partial charge on any atom is -0.495 e. The standard InChI is InChI=1S/C22H26N2O4/c1-15-4-7-21(27-3)19(12-15)23-22(26)9-6-17-5-8-20-18(13-17)14-24(16(2)25)10-11-28-20/h4-5,7-8,12-13H,6,9-11,14H2,1-3H3,(H,23,26). The summed E-state index contributed by atoms with van der Waals surface area (Å²) in [5.74, 6) is 1.42. The van der Waals surface area contributed by atoms with Crippen LogP contribution < -0.4 is 14.8 Å². The smallest absolute Gasteiger partial charge is 0.224 e. The van der Waals surface area contributed by atoms with Crippen molar-refractivity contribution >= 4 is 17.5 Å². The second-order valence-corrected chi connectivity index (χ2v) is 6.98. The van der Waals surface area contributed by atoms with Crippen molar-refractivity contribution in [1.29, 1.82) is 0 Å². The van der Waals surface area contributed by atoms with E-state index >= 15 is 0 Å². The van der Waals surface area contributed by atoms with E-state index in [1.54, 1.807) is 18.9 Å². The van der Waals surface area contributed by atoms with Crippen molar-refractivity contribution in [3.05, 3.63) is 53.1 Å². The average molecular weight is 382 g/mol. The number of anilines is 1. The summed E-state index contributed by atoms with van der Waals surface area (Å²) in [6, 6.07) is 11.6. The third-order valence-electron chi connectivity index (χ3n) is 4.82. The Balaban J connectivity index is 1.64. The summed E-state index contributed by atoms with van der Waals surface area (Å²) in [7, 11) is 1.59. The van der Waals surface area contributed by atoms with Crippen molar-refractivity contribution < 1.29 is 19.1 Å². The van der Waals surface area contributed by atoms with Crippen LogP contribution in [-0.2, 0) is 22.6 Å². The maximum absolute atomic E-state index is 12.4. The fraction of sp³-hybridized carbons (Fsp3) is 0.364. The van der Waals surface area contributed by atoms with Gasteiger partial charge in [-0.2, -0.15) is 0 Å². The molecule has 6 nitrogen and oxygen atoms in total. The molecule has 2 aromatic rings. The summed E-state index contributed by atoms with van der Waals surface area (Å²) in [5.41, 5.74) is 3.75. The van der Waals surface area contributed by atoms with Gasteiger partial charge in [0.15, 0.2) is 0 Å². The number of carbonyl (C=O) groups excluding carboxylic acids is 2. The Kier molecular flexibility index (Phi) is 6.19. The topological polar surface area (TPSA) is 67.9 Å². The van der Waals surface area contributed by atoms with Crippen LogP contribution in [0, 0.1) is 6.92 Å². The van der Waals surface area contributed by atoms with Crippen LogP contribution in [0.15, 0.2) is 36.4 Å². The van der Waals surface area contributed by atoms with Gasteiger partial charge in [0.2, 0.25) is 11.8 Å². The van der Waals surface area contributed by atoms with Gasteiger partial charge >= 0.3 is 0 Å². The first-order valence-electron chi connectivity index (χ1n) is 9.41. The normalized spacial score (nSPS) is 13.2. The van der Waals surface area contributed by atoms with Crippen molar-refractivity contribution in [3.8, 4) is 11.5 Å². The van der Waals surface area contributed by atoms with Gasteiger partial charge in [0.05, 0.1) is 19.3 Å². The van der Waals surface area contributed by atoms with Crippen molar-refractivity contribution in [2.24, 2.45) is 0 Å². The Hall–Kier alpha value is -3.02. The van der Waals surface area contributed by atoms with E-state index in [0.29, 0.717) is 44.0 Å². The second kappa shape index (κ2) is 8.78. The number of nitrogens with one attached hydrogen (secondary N) is 1. The molecule has 148 valence electrons. The molecular weight excluding hydrogens is 356 g/mol. The van der Waals surface area contributed by atoms with Gasteiger partial charge in [-0.1, -0.05) is 18.2 Å². The quantitative estimate of drug-likeness (QED) is 0.861. The number of hydrogen-bond acceptors (Lipinski definition) is 4. The Morgan fingerprint density at radius 3 is 2.79 bits per heavy atom. The lowest BCUT2D eigenvalue weighted by atomic mass is 10.0. The van der Waals surface area contributed by atoms with Crippen LogP contribution in [-0.4, -0.2) is 37.0 Å². The summed E-state index contributed by atoms with van der Waals surface area (Å²) < 4.78 is 11.0. The molecule has 0 bridgehead atoms. The van der Waals surface area contributed by atoms with Crippen molar-refractivity contribution in [2.45, 2.75) is 33.2 Å². The molecule has 0 spiro atoms. The first-order chi connectivity index (χ1) is 13.5. The molecule has 2 aromatic carbocycles. The highest BCUT2D eigenvalue weighted by Crippen LogP contribution is 2.27. The maximum atomic E-state index is 12.4. The van der Waals surface area contributed by atoms with Crippen LogP contribution in [0.4, 0.5) is 5.69 Å². The minimum atomic E-state index is -0.0690. The third kappa shape index (κ3) is 4.82. The number of rotatable bonds is 5. The highest BCUT2D eigenvalue weighted by molar-refractivity contribution is 5.92. The molecule has 2 amide bonds. The Morgan fingerprint density at radius 1 is 1.21 bits per heavy atom. The van der Waals surface area contributed by atoms with Crippen LogP contribution in [0.3, 0.4) is 0 Å². The van der Waals surface area contributed by atoms with Crippen LogP contribution in [0.5, 0.6) is 11.5 Å². The summed E-state index contributed by atoms with van der Waals surface area (Å²) >= 11 is 0. The molecule has 1 heterocycles. The Labute approximate surface area is 165 Å². The summed E-state index contributed by atoms with van der Waals surface area (Å²) in [6.07, 6.45) is 0.959. The fourth-order valence-corrected chi connectivity index (χ4v) is 3.26. The molecule has 1 aliphatic heterocycles. The van der Waals surface area contributed by atoms with E-state index < -0.39 is 0 Å². The van der Waals surface area contributed by atoms with Crippen molar-refractivity contribution in [3.63, 3.8) is 0 Å². The number of amides is 2. The number of benzene rings is 2. The van der Waals surface area contributed by atoms with E-state index in [-0.39, 0.29) is 11.8 Å². The Morgan fingerprint density at radius 2 is 2.04 bits per heavy atom. The van der Waals surface area contributed by atoms with Gasteiger partial charge in [-0.15, -0.1) is 0 Å². The first kappa shape index (κ1) is 19.7. The summed E-state index contributed by atoms with van der Waals surface area (Å²) in [4.78, 5) is 25.9. The molecule has 6 heteroatoms. The van der Waals surface area contributed by atoms with Gasteiger partial charge in [-0.3, -0.25) is 9.59 Å². The van der Waals surface area contributed by atoms with E-state index in [1.165, 1.54) is 0 Å². The molecule has 3 rings (SSSR count). The predicted octanol–water partition coefficient (Wildman–Crippen LogP) is 3.32. The number of carbonyl (C=O) groups is 2. The first-order valence-corrected chi connectivity index (χ1v) is 9.41. The molecule has 0 aromatic heterocycles. The zero-order valence-corrected chi connectivity index (χ0v) is 16.6. The number of nitrogens with zero attached hydrogens (tertiary/aromatic N) is 1. The zero-order valence-electron chi connectivity index (χ0n) is 16.6. The molecule has 0 radical (unpaired) electrons. The number of aryl methyl sites for hydroxylation is 2. The molecule has 0 unspecified atom stereocenters. The van der Waals surface area contributed by atoms with Gasteiger partial charge in [0, 0.05) is 25.5 Å². The third-order valence-corrected chi connectivity index (χ3v) is 4.82. The van der Waals surface area contributed by atoms with E-state index in [2.05, 4.69) is 5.32 Å². The zero-order chi connectivity index (χ0) is 20.1. The monoisotopic (exact) mass is 382 g/mol. The molecule has 0 fully saturated rings. The maximum Gasteiger partial charge on any atom is 0.224 e. The van der Waals surface area contributed by atoms with Crippen LogP contribution in [0.1, 0.15) is 30.0 Å². The SMILES string of the molecule is COc1ccc(C)cc1NC(=O)CCc1ccc2c(c1)CN(C(C)=O)CCO2. The Bertz CT molecular complexity index is 879. The number of ether oxygens (including phenoxy) is 2. The highest BCUT2D eigenvalue weighted by atomic mass is 16.5. The van der Waals surface area contributed by atoms with Gasteiger partial charge in [0.1, 0.15) is 18.1 Å². The van der Waals surface area contributed by atoms with Gasteiger partial charge in [-0.05, 0) is 42.7 Å².